The Labute approximate surface area is 108 Å². The first-order valence-electron chi connectivity index (χ1n) is 6.50. The highest BCUT2D eigenvalue weighted by molar-refractivity contribution is 5.78. The molecule has 1 aliphatic heterocycles. The number of nitrogens with zero attached hydrogens (tertiary/aromatic N) is 2. The zero-order chi connectivity index (χ0) is 13.0. The molecule has 0 saturated carbocycles. The standard InChI is InChI=1S/C14H20N2O2/c1-11(2)18-10-14(17)16-9-5-7-13(16)12-6-3-4-8-15-12/h3-4,6,8,11,13H,5,7,9-10H2,1-2H3/t13-/m0/s1. The Bertz CT molecular complexity index is 392. The van der Waals surface area contributed by atoms with Crippen molar-refractivity contribution in [1.82, 2.24) is 9.88 Å². The summed E-state index contributed by atoms with van der Waals surface area (Å²) in [5.41, 5.74) is 0.980. The van der Waals surface area contributed by atoms with Crippen molar-refractivity contribution < 1.29 is 9.53 Å². The van der Waals surface area contributed by atoms with Crippen molar-refractivity contribution in [2.45, 2.75) is 38.8 Å². The maximum atomic E-state index is 12.1. The summed E-state index contributed by atoms with van der Waals surface area (Å²) in [4.78, 5) is 18.4. The monoisotopic (exact) mass is 248 g/mol. The van der Waals surface area contributed by atoms with Crippen molar-refractivity contribution in [1.29, 1.82) is 0 Å². The molecule has 1 amide bonds. The zero-order valence-corrected chi connectivity index (χ0v) is 11.0. The summed E-state index contributed by atoms with van der Waals surface area (Å²) in [5.74, 6) is 0.0665. The minimum absolute atomic E-state index is 0.0665. The second-order valence-electron chi connectivity index (χ2n) is 4.86. The van der Waals surface area contributed by atoms with Crippen LogP contribution in [0.25, 0.3) is 0 Å². The van der Waals surface area contributed by atoms with Crippen LogP contribution in [0.1, 0.15) is 38.4 Å². The van der Waals surface area contributed by atoms with Gasteiger partial charge < -0.3 is 9.64 Å². The Hall–Kier alpha value is -1.42. The van der Waals surface area contributed by atoms with Gasteiger partial charge >= 0.3 is 0 Å². The molecule has 1 aliphatic rings. The van der Waals surface area contributed by atoms with Gasteiger partial charge in [0.1, 0.15) is 6.61 Å². The van der Waals surface area contributed by atoms with Crippen molar-refractivity contribution in [2.24, 2.45) is 0 Å². The van der Waals surface area contributed by atoms with Crippen LogP contribution in [0.5, 0.6) is 0 Å². The van der Waals surface area contributed by atoms with Crippen LogP contribution in [0.3, 0.4) is 0 Å². The van der Waals surface area contributed by atoms with E-state index in [1.54, 1.807) is 6.20 Å². The third-order valence-corrected chi connectivity index (χ3v) is 3.14. The quantitative estimate of drug-likeness (QED) is 0.820. The summed E-state index contributed by atoms with van der Waals surface area (Å²) in [5, 5.41) is 0. The fourth-order valence-electron chi connectivity index (χ4n) is 2.27. The van der Waals surface area contributed by atoms with Gasteiger partial charge in [-0.2, -0.15) is 0 Å². The molecule has 1 aromatic heterocycles. The molecule has 1 atom stereocenters. The molecule has 18 heavy (non-hydrogen) atoms. The molecule has 1 fully saturated rings. The number of rotatable bonds is 4. The van der Waals surface area contributed by atoms with Crippen LogP contribution in [0.15, 0.2) is 24.4 Å². The summed E-state index contributed by atoms with van der Waals surface area (Å²) in [6, 6.07) is 5.97. The highest BCUT2D eigenvalue weighted by atomic mass is 16.5. The number of pyridine rings is 1. The molecule has 0 N–H and O–H groups in total. The van der Waals surface area contributed by atoms with Crippen LogP contribution in [0.4, 0.5) is 0 Å². The number of aromatic nitrogens is 1. The van der Waals surface area contributed by atoms with Crippen molar-refractivity contribution >= 4 is 5.91 Å². The lowest BCUT2D eigenvalue weighted by Gasteiger charge is -2.24. The van der Waals surface area contributed by atoms with E-state index >= 15 is 0 Å². The molecule has 0 unspecified atom stereocenters. The normalized spacial score (nSPS) is 19.5. The van der Waals surface area contributed by atoms with Crippen LogP contribution in [0, 0.1) is 0 Å². The number of carbonyl (C=O) groups excluding carboxylic acids is 1. The van der Waals surface area contributed by atoms with Crippen LogP contribution in [0.2, 0.25) is 0 Å². The molecule has 1 saturated heterocycles. The molecule has 98 valence electrons. The van der Waals surface area contributed by atoms with E-state index in [2.05, 4.69) is 4.98 Å². The molecule has 0 bridgehead atoms. The van der Waals surface area contributed by atoms with Gasteiger partial charge in [0.25, 0.3) is 0 Å². The first-order chi connectivity index (χ1) is 8.68. The van der Waals surface area contributed by atoms with E-state index in [0.717, 1.165) is 25.1 Å². The number of ether oxygens (including phenoxy) is 1. The van der Waals surface area contributed by atoms with Crippen LogP contribution >= 0.6 is 0 Å². The summed E-state index contributed by atoms with van der Waals surface area (Å²) >= 11 is 0. The van der Waals surface area contributed by atoms with E-state index < -0.39 is 0 Å². The molecule has 4 heteroatoms. The molecular weight excluding hydrogens is 228 g/mol. The van der Waals surface area contributed by atoms with Gasteiger partial charge in [-0.3, -0.25) is 9.78 Å². The number of hydrogen-bond donors (Lipinski definition) is 0. The predicted molar refractivity (Wildman–Crippen MR) is 69.0 cm³/mol. The average Bonchev–Trinajstić information content (AvgIpc) is 2.86. The topological polar surface area (TPSA) is 42.4 Å². The Balaban J connectivity index is 2.01. The Morgan fingerprint density at radius 2 is 2.39 bits per heavy atom. The third kappa shape index (κ3) is 3.07. The van der Waals surface area contributed by atoms with Gasteiger partial charge in [-0.05, 0) is 38.8 Å². The second-order valence-corrected chi connectivity index (χ2v) is 4.86. The predicted octanol–water partition coefficient (Wildman–Crippen LogP) is 2.17. The summed E-state index contributed by atoms with van der Waals surface area (Å²) in [6.45, 7) is 4.85. The molecule has 0 radical (unpaired) electrons. The Kier molecular flexibility index (Phi) is 4.31. The van der Waals surface area contributed by atoms with E-state index in [9.17, 15) is 4.79 Å². The maximum absolute atomic E-state index is 12.1. The SMILES string of the molecule is CC(C)OCC(=O)N1CCC[C@H]1c1ccccn1. The average molecular weight is 248 g/mol. The summed E-state index contributed by atoms with van der Waals surface area (Å²) in [7, 11) is 0. The van der Waals surface area contributed by atoms with Crippen molar-refractivity contribution in [3.63, 3.8) is 0 Å². The smallest absolute Gasteiger partial charge is 0.249 e. The Morgan fingerprint density at radius 3 is 3.06 bits per heavy atom. The number of carbonyl (C=O) groups is 1. The molecular formula is C14H20N2O2. The molecule has 0 spiro atoms. The van der Waals surface area contributed by atoms with Crippen LogP contribution in [-0.2, 0) is 9.53 Å². The van der Waals surface area contributed by atoms with Gasteiger partial charge in [-0.15, -0.1) is 0 Å². The van der Waals surface area contributed by atoms with E-state index in [0.29, 0.717) is 0 Å². The van der Waals surface area contributed by atoms with Gasteiger partial charge in [0.2, 0.25) is 5.91 Å². The van der Waals surface area contributed by atoms with Crippen LogP contribution < -0.4 is 0 Å². The van der Waals surface area contributed by atoms with Crippen molar-refractivity contribution in [3.8, 4) is 0 Å². The fraction of sp³-hybridized carbons (Fsp3) is 0.571. The van der Waals surface area contributed by atoms with Crippen molar-refractivity contribution in [2.75, 3.05) is 13.2 Å². The van der Waals surface area contributed by atoms with Gasteiger partial charge in [0.05, 0.1) is 17.8 Å². The largest absolute Gasteiger partial charge is 0.369 e. The number of likely N-dealkylation sites (tertiary alicyclic amines) is 1. The van der Waals surface area contributed by atoms with E-state index in [1.165, 1.54) is 0 Å². The Morgan fingerprint density at radius 1 is 1.56 bits per heavy atom. The molecule has 4 nitrogen and oxygen atoms in total. The number of hydrogen-bond acceptors (Lipinski definition) is 3. The third-order valence-electron chi connectivity index (χ3n) is 3.14. The molecule has 2 rings (SSSR count). The molecule has 0 aliphatic carbocycles. The highest BCUT2D eigenvalue weighted by Gasteiger charge is 2.30. The van der Waals surface area contributed by atoms with E-state index in [4.69, 9.17) is 4.74 Å². The lowest BCUT2D eigenvalue weighted by atomic mass is 10.1. The lowest BCUT2D eigenvalue weighted by molar-refractivity contribution is -0.138. The van der Waals surface area contributed by atoms with E-state index in [1.807, 2.05) is 36.9 Å². The number of amides is 1. The zero-order valence-electron chi connectivity index (χ0n) is 11.0. The minimum atomic E-state index is 0.0665. The van der Waals surface area contributed by atoms with E-state index in [-0.39, 0.29) is 24.7 Å². The lowest BCUT2D eigenvalue weighted by Crippen LogP contribution is -2.34. The van der Waals surface area contributed by atoms with Gasteiger partial charge in [-0.25, -0.2) is 0 Å². The van der Waals surface area contributed by atoms with Crippen LogP contribution in [-0.4, -0.2) is 35.0 Å². The highest BCUT2D eigenvalue weighted by Crippen LogP contribution is 2.30. The molecule has 0 aromatic carbocycles. The van der Waals surface area contributed by atoms with Gasteiger partial charge in [0, 0.05) is 12.7 Å². The molecule has 2 heterocycles. The first-order valence-corrected chi connectivity index (χ1v) is 6.50. The molecule has 1 aromatic rings. The van der Waals surface area contributed by atoms with Gasteiger partial charge in [0.15, 0.2) is 0 Å². The summed E-state index contributed by atoms with van der Waals surface area (Å²) in [6.07, 6.45) is 3.89. The first kappa shape index (κ1) is 13.0. The van der Waals surface area contributed by atoms with Gasteiger partial charge in [-0.1, -0.05) is 6.07 Å². The fourth-order valence-corrected chi connectivity index (χ4v) is 2.27. The maximum Gasteiger partial charge on any atom is 0.249 e. The van der Waals surface area contributed by atoms with Crippen molar-refractivity contribution in [3.05, 3.63) is 30.1 Å². The summed E-state index contributed by atoms with van der Waals surface area (Å²) < 4.78 is 5.39. The minimum Gasteiger partial charge on any atom is -0.369 e. The second kappa shape index (κ2) is 5.96.